The lowest BCUT2D eigenvalue weighted by Crippen LogP contribution is -2.38. The SMILES string of the molecule is Cc1c(N2C[C@@H](CO)[C@H](C3(N)CC3)C2)c(F)c(N)c2c(=O)c(C(=O)O)cn(C3CC3)c12. The highest BCUT2D eigenvalue weighted by Crippen LogP contribution is 2.48. The quantitative estimate of drug-likeness (QED) is 0.529. The molecule has 0 unspecified atom stereocenters. The highest BCUT2D eigenvalue weighted by molar-refractivity contribution is 6.01. The Morgan fingerprint density at radius 1 is 1.32 bits per heavy atom. The Balaban J connectivity index is 1.72. The number of aromatic nitrogens is 1. The molecule has 3 fully saturated rings. The third-order valence-corrected chi connectivity index (χ3v) is 7.39. The number of nitrogen functional groups attached to an aromatic ring is 1. The zero-order valence-corrected chi connectivity index (χ0v) is 17.4. The first-order chi connectivity index (χ1) is 14.7. The highest BCUT2D eigenvalue weighted by Gasteiger charge is 2.52. The van der Waals surface area contributed by atoms with Crippen molar-refractivity contribution in [3.8, 4) is 0 Å². The smallest absolute Gasteiger partial charge is 0.341 e. The van der Waals surface area contributed by atoms with Gasteiger partial charge >= 0.3 is 5.97 Å². The van der Waals surface area contributed by atoms with Crippen molar-refractivity contribution < 1.29 is 19.4 Å². The van der Waals surface area contributed by atoms with E-state index in [0.717, 1.165) is 25.7 Å². The molecule has 1 saturated heterocycles. The first kappa shape index (κ1) is 20.3. The predicted molar refractivity (Wildman–Crippen MR) is 115 cm³/mol. The number of halogens is 1. The molecule has 166 valence electrons. The van der Waals surface area contributed by atoms with Crippen molar-refractivity contribution in [2.45, 2.75) is 44.2 Å². The van der Waals surface area contributed by atoms with Crippen LogP contribution >= 0.6 is 0 Å². The molecule has 9 heteroatoms. The van der Waals surface area contributed by atoms with Crippen LogP contribution in [0.1, 0.15) is 47.6 Å². The van der Waals surface area contributed by atoms with Crippen molar-refractivity contribution in [1.29, 1.82) is 0 Å². The van der Waals surface area contributed by atoms with E-state index in [1.165, 1.54) is 6.20 Å². The number of carboxylic acids is 1. The lowest BCUT2D eigenvalue weighted by atomic mass is 9.88. The summed E-state index contributed by atoms with van der Waals surface area (Å²) in [4.78, 5) is 26.4. The summed E-state index contributed by atoms with van der Waals surface area (Å²) in [6.07, 6.45) is 4.86. The Kier molecular flexibility index (Phi) is 4.36. The molecular formula is C22H27FN4O4. The van der Waals surface area contributed by atoms with Crippen LogP contribution in [0, 0.1) is 24.6 Å². The Hall–Kier alpha value is -2.65. The van der Waals surface area contributed by atoms with Crippen molar-refractivity contribution >= 4 is 28.2 Å². The molecule has 2 heterocycles. The van der Waals surface area contributed by atoms with Crippen LogP contribution in [-0.4, -0.2) is 46.0 Å². The average molecular weight is 430 g/mol. The maximum Gasteiger partial charge on any atom is 0.341 e. The van der Waals surface area contributed by atoms with E-state index in [0.29, 0.717) is 29.9 Å². The van der Waals surface area contributed by atoms with Crippen molar-refractivity contribution in [3.63, 3.8) is 0 Å². The van der Waals surface area contributed by atoms with Gasteiger partial charge in [-0.1, -0.05) is 0 Å². The third-order valence-electron chi connectivity index (χ3n) is 7.39. The third kappa shape index (κ3) is 2.94. The minimum Gasteiger partial charge on any atom is -0.477 e. The van der Waals surface area contributed by atoms with E-state index in [1.807, 2.05) is 4.90 Å². The van der Waals surface area contributed by atoms with Crippen molar-refractivity contribution in [2.75, 3.05) is 30.3 Å². The molecule has 5 rings (SSSR count). The second-order valence-corrected chi connectivity index (χ2v) is 9.43. The normalized spacial score (nSPS) is 24.7. The number of fused-ring (bicyclic) bond motifs is 1. The summed E-state index contributed by atoms with van der Waals surface area (Å²) in [6, 6.07) is 0.0629. The van der Waals surface area contributed by atoms with Crippen LogP contribution in [-0.2, 0) is 0 Å². The van der Waals surface area contributed by atoms with E-state index >= 15 is 4.39 Å². The number of nitrogens with zero attached hydrogens (tertiary/aromatic N) is 2. The number of aliphatic hydroxyl groups is 1. The molecule has 0 bridgehead atoms. The molecule has 8 nitrogen and oxygen atoms in total. The first-order valence-corrected chi connectivity index (χ1v) is 10.7. The average Bonchev–Trinajstić information content (AvgIpc) is 3.65. The van der Waals surface area contributed by atoms with Gasteiger partial charge < -0.3 is 31.1 Å². The summed E-state index contributed by atoms with van der Waals surface area (Å²) in [5, 5.41) is 19.3. The Morgan fingerprint density at radius 2 is 2.00 bits per heavy atom. The highest BCUT2D eigenvalue weighted by atomic mass is 19.1. The fourth-order valence-corrected chi connectivity index (χ4v) is 5.35. The van der Waals surface area contributed by atoms with E-state index in [9.17, 15) is 19.8 Å². The fraction of sp³-hybridized carbons (Fsp3) is 0.545. The van der Waals surface area contributed by atoms with Crippen LogP contribution in [0.5, 0.6) is 0 Å². The second kappa shape index (κ2) is 6.67. The molecule has 1 aromatic heterocycles. The number of aryl methyl sites for hydroxylation is 1. The molecule has 2 aromatic rings. The topological polar surface area (TPSA) is 135 Å². The number of aliphatic hydroxyl groups excluding tert-OH is 1. The number of aromatic carboxylic acids is 1. The van der Waals surface area contributed by atoms with E-state index in [2.05, 4.69) is 0 Å². The molecule has 0 spiro atoms. The zero-order chi connectivity index (χ0) is 22.2. The van der Waals surface area contributed by atoms with Gasteiger partial charge in [-0.25, -0.2) is 9.18 Å². The monoisotopic (exact) mass is 430 g/mol. The van der Waals surface area contributed by atoms with Crippen LogP contribution in [0.3, 0.4) is 0 Å². The van der Waals surface area contributed by atoms with Crippen LogP contribution in [0.15, 0.2) is 11.0 Å². The van der Waals surface area contributed by atoms with Crippen LogP contribution in [0.4, 0.5) is 15.8 Å². The largest absolute Gasteiger partial charge is 0.477 e. The molecule has 6 N–H and O–H groups in total. The van der Waals surface area contributed by atoms with Crippen LogP contribution in [0.2, 0.25) is 0 Å². The maximum atomic E-state index is 15.6. The van der Waals surface area contributed by atoms with E-state index in [4.69, 9.17) is 11.5 Å². The summed E-state index contributed by atoms with van der Waals surface area (Å²) < 4.78 is 17.4. The van der Waals surface area contributed by atoms with E-state index in [1.54, 1.807) is 11.5 Å². The fourth-order valence-electron chi connectivity index (χ4n) is 5.35. The van der Waals surface area contributed by atoms with E-state index in [-0.39, 0.29) is 41.1 Å². The standard InChI is InChI=1S/C22H27FN4O4/c1-10-18-15(20(29)13(21(30)31)7-27(18)12-2-3-12)17(24)16(23)19(10)26-6-11(9-28)14(8-26)22(25)4-5-22/h7,11-12,14,28H,2-6,8-9,24-25H2,1H3,(H,30,31)/t11-,14+/m0/s1. The van der Waals surface area contributed by atoms with Crippen LogP contribution < -0.4 is 21.8 Å². The number of pyridine rings is 1. The Labute approximate surface area is 178 Å². The van der Waals surface area contributed by atoms with Gasteiger partial charge in [0.1, 0.15) is 5.56 Å². The van der Waals surface area contributed by atoms with Crippen molar-refractivity contribution in [3.05, 3.63) is 33.4 Å². The maximum absolute atomic E-state index is 15.6. The number of nitrogens with two attached hydrogens (primary N) is 2. The number of carbonyl (C=O) groups is 1. The Bertz CT molecular complexity index is 1170. The molecule has 1 aromatic carbocycles. The Morgan fingerprint density at radius 3 is 2.55 bits per heavy atom. The number of anilines is 2. The number of carboxylic acid groups (broad SMARTS) is 1. The van der Waals surface area contributed by atoms with Gasteiger partial charge in [0.2, 0.25) is 5.43 Å². The van der Waals surface area contributed by atoms with Gasteiger partial charge in [0.25, 0.3) is 0 Å². The summed E-state index contributed by atoms with van der Waals surface area (Å²) in [5.74, 6) is -2.09. The number of benzene rings is 1. The van der Waals surface area contributed by atoms with Gasteiger partial charge in [0.15, 0.2) is 5.82 Å². The van der Waals surface area contributed by atoms with Crippen molar-refractivity contribution in [1.82, 2.24) is 4.57 Å². The number of hydrogen-bond donors (Lipinski definition) is 4. The molecular weight excluding hydrogens is 403 g/mol. The lowest BCUT2D eigenvalue weighted by molar-refractivity contribution is 0.0695. The van der Waals surface area contributed by atoms with Gasteiger partial charge in [-0.15, -0.1) is 0 Å². The molecule has 0 amide bonds. The second-order valence-electron chi connectivity index (χ2n) is 9.43. The summed E-state index contributed by atoms with van der Waals surface area (Å²) in [7, 11) is 0. The summed E-state index contributed by atoms with van der Waals surface area (Å²) >= 11 is 0. The molecule has 2 saturated carbocycles. The predicted octanol–water partition coefficient (Wildman–Crippen LogP) is 1.60. The van der Waals surface area contributed by atoms with Crippen molar-refractivity contribution in [2.24, 2.45) is 17.6 Å². The molecule has 3 aliphatic rings. The summed E-state index contributed by atoms with van der Waals surface area (Å²) in [5.41, 5.74) is 12.1. The molecule has 2 aliphatic carbocycles. The number of hydrogen-bond acceptors (Lipinski definition) is 6. The molecule has 2 atom stereocenters. The van der Waals surface area contributed by atoms with Gasteiger partial charge in [-0.3, -0.25) is 4.79 Å². The van der Waals surface area contributed by atoms with Gasteiger partial charge in [-0.2, -0.15) is 0 Å². The van der Waals surface area contributed by atoms with Crippen LogP contribution in [0.25, 0.3) is 10.9 Å². The molecule has 0 radical (unpaired) electrons. The van der Waals surface area contributed by atoms with Gasteiger partial charge in [0.05, 0.1) is 22.3 Å². The minimum atomic E-state index is -1.35. The molecule has 31 heavy (non-hydrogen) atoms. The minimum absolute atomic E-state index is 0.0292. The zero-order valence-electron chi connectivity index (χ0n) is 17.4. The van der Waals surface area contributed by atoms with Gasteiger partial charge in [-0.05, 0) is 38.2 Å². The molecule has 1 aliphatic heterocycles. The number of rotatable bonds is 5. The lowest BCUT2D eigenvalue weighted by Gasteiger charge is -2.26. The van der Waals surface area contributed by atoms with Gasteiger partial charge in [0, 0.05) is 49.3 Å². The van der Waals surface area contributed by atoms with E-state index < -0.39 is 22.8 Å². The first-order valence-electron chi connectivity index (χ1n) is 10.7. The summed E-state index contributed by atoms with van der Waals surface area (Å²) in [6.45, 7) is 2.67.